The standard InChI is InChI=1S/C18H26N6OS.HI/c1-5-19-18(21-11-15-13(3)23-14(4)26-15)20-10-9-17(25)24-16-8-6-7-12(2)22-16;/h6-8H,5,9-11H2,1-4H3,(H2,19,20,21)(H,22,24,25);1H. The fraction of sp³-hybridized carbons (Fsp3) is 0.444. The van der Waals surface area contributed by atoms with Crippen molar-refractivity contribution in [2.24, 2.45) is 4.99 Å². The highest BCUT2D eigenvalue weighted by Crippen LogP contribution is 2.17. The summed E-state index contributed by atoms with van der Waals surface area (Å²) < 4.78 is 0. The molecule has 0 aromatic carbocycles. The Labute approximate surface area is 181 Å². The van der Waals surface area contributed by atoms with Gasteiger partial charge in [0, 0.05) is 30.1 Å². The smallest absolute Gasteiger partial charge is 0.227 e. The summed E-state index contributed by atoms with van der Waals surface area (Å²) in [5.41, 5.74) is 1.90. The van der Waals surface area contributed by atoms with Gasteiger partial charge in [-0.1, -0.05) is 6.07 Å². The van der Waals surface area contributed by atoms with Gasteiger partial charge in [-0.2, -0.15) is 0 Å². The van der Waals surface area contributed by atoms with Gasteiger partial charge in [0.1, 0.15) is 5.82 Å². The number of hydrogen-bond acceptors (Lipinski definition) is 5. The van der Waals surface area contributed by atoms with E-state index >= 15 is 0 Å². The summed E-state index contributed by atoms with van der Waals surface area (Å²) in [6.07, 6.45) is 0.332. The zero-order valence-electron chi connectivity index (χ0n) is 16.1. The Morgan fingerprint density at radius 1 is 1.19 bits per heavy atom. The Bertz CT molecular complexity index is 777. The van der Waals surface area contributed by atoms with Crippen LogP contribution in [-0.4, -0.2) is 34.9 Å². The van der Waals surface area contributed by atoms with Gasteiger partial charge in [0.05, 0.1) is 17.2 Å². The molecule has 2 aromatic rings. The summed E-state index contributed by atoms with van der Waals surface area (Å²) in [6.45, 7) is 9.72. The molecule has 1 amide bonds. The second-order valence-electron chi connectivity index (χ2n) is 5.83. The Morgan fingerprint density at radius 3 is 2.59 bits per heavy atom. The van der Waals surface area contributed by atoms with Crippen molar-refractivity contribution in [3.63, 3.8) is 0 Å². The van der Waals surface area contributed by atoms with Crippen molar-refractivity contribution in [2.45, 2.75) is 40.7 Å². The van der Waals surface area contributed by atoms with Crippen molar-refractivity contribution in [1.82, 2.24) is 20.6 Å². The van der Waals surface area contributed by atoms with Gasteiger partial charge in [-0.15, -0.1) is 35.3 Å². The number of halogens is 1. The van der Waals surface area contributed by atoms with Crippen LogP contribution in [0.3, 0.4) is 0 Å². The first kappa shape index (κ1) is 23.3. The molecule has 0 bridgehead atoms. The first-order valence-corrected chi connectivity index (χ1v) is 9.48. The molecule has 0 fully saturated rings. The minimum Gasteiger partial charge on any atom is -0.357 e. The SMILES string of the molecule is CCNC(=NCc1sc(C)nc1C)NCCC(=O)Nc1cccc(C)n1.I. The third-order valence-corrected chi connectivity index (χ3v) is 4.58. The minimum absolute atomic E-state index is 0. The molecule has 3 N–H and O–H groups in total. The molecule has 2 heterocycles. The summed E-state index contributed by atoms with van der Waals surface area (Å²) in [5.74, 6) is 1.19. The Balaban J connectivity index is 0.00000364. The van der Waals surface area contributed by atoms with Crippen molar-refractivity contribution < 1.29 is 4.79 Å². The fourth-order valence-electron chi connectivity index (χ4n) is 2.33. The van der Waals surface area contributed by atoms with E-state index in [0.29, 0.717) is 31.3 Å². The molecule has 0 saturated heterocycles. The van der Waals surface area contributed by atoms with Crippen LogP contribution < -0.4 is 16.0 Å². The van der Waals surface area contributed by atoms with E-state index in [1.54, 1.807) is 17.4 Å². The van der Waals surface area contributed by atoms with E-state index < -0.39 is 0 Å². The number of pyridine rings is 1. The lowest BCUT2D eigenvalue weighted by atomic mass is 10.3. The van der Waals surface area contributed by atoms with E-state index in [-0.39, 0.29) is 29.9 Å². The molecule has 9 heteroatoms. The first-order valence-electron chi connectivity index (χ1n) is 8.66. The molecule has 0 unspecified atom stereocenters. The lowest BCUT2D eigenvalue weighted by Gasteiger charge is -2.11. The normalized spacial score (nSPS) is 10.9. The predicted octanol–water partition coefficient (Wildman–Crippen LogP) is 3.17. The van der Waals surface area contributed by atoms with Crippen molar-refractivity contribution in [3.8, 4) is 0 Å². The molecular formula is C18H27IN6OS. The van der Waals surface area contributed by atoms with Gasteiger partial charge in [0.25, 0.3) is 0 Å². The largest absolute Gasteiger partial charge is 0.357 e. The van der Waals surface area contributed by atoms with Gasteiger partial charge in [-0.3, -0.25) is 4.79 Å². The second kappa shape index (κ2) is 11.9. The molecule has 7 nitrogen and oxygen atoms in total. The molecule has 0 aliphatic carbocycles. The number of aryl methyl sites for hydroxylation is 3. The molecule has 0 spiro atoms. The van der Waals surface area contributed by atoms with Crippen molar-refractivity contribution >= 4 is 53.0 Å². The molecule has 27 heavy (non-hydrogen) atoms. The van der Waals surface area contributed by atoms with Crippen LogP contribution >= 0.6 is 35.3 Å². The third-order valence-electron chi connectivity index (χ3n) is 3.52. The molecule has 0 aliphatic heterocycles. The first-order chi connectivity index (χ1) is 12.5. The molecule has 0 saturated carbocycles. The van der Waals surface area contributed by atoms with Gasteiger partial charge in [0.15, 0.2) is 5.96 Å². The summed E-state index contributed by atoms with van der Waals surface area (Å²) in [5, 5.41) is 10.2. The van der Waals surface area contributed by atoms with Crippen LogP contribution in [0.5, 0.6) is 0 Å². The summed E-state index contributed by atoms with van der Waals surface area (Å²) in [6, 6.07) is 5.54. The van der Waals surface area contributed by atoms with Crippen molar-refractivity contribution in [2.75, 3.05) is 18.4 Å². The Hall–Kier alpha value is -1.75. The highest BCUT2D eigenvalue weighted by molar-refractivity contribution is 14.0. The van der Waals surface area contributed by atoms with E-state index in [2.05, 4.69) is 30.9 Å². The Kier molecular flexibility index (Phi) is 10.2. The highest BCUT2D eigenvalue weighted by Gasteiger charge is 2.06. The van der Waals surface area contributed by atoms with Crippen molar-refractivity contribution in [3.05, 3.63) is 39.5 Å². The number of guanidine groups is 1. The number of nitrogens with one attached hydrogen (secondary N) is 3. The summed E-state index contributed by atoms with van der Waals surface area (Å²) in [7, 11) is 0. The maximum atomic E-state index is 12.0. The predicted molar refractivity (Wildman–Crippen MR) is 122 cm³/mol. The highest BCUT2D eigenvalue weighted by atomic mass is 127. The molecular weight excluding hydrogens is 475 g/mol. The number of amides is 1. The van der Waals surface area contributed by atoms with Crippen LogP contribution in [0.1, 0.15) is 34.6 Å². The van der Waals surface area contributed by atoms with Crippen LogP contribution in [-0.2, 0) is 11.3 Å². The average molecular weight is 502 g/mol. The summed E-state index contributed by atoms with van der Waals surface area (Å²) in [4.78, 5) is 26.4. The van der Waals surface area contributed by atoms with Crippen LogP contribution in [0.4, 0.5) is 5.82 Å². The van der Waals surface area contributed by atoms with Crippen molar-refractivity contribution in [1.29, 1.82) is 0 Å². The van der Waals surface area contributed by atoms with Crippen LogP contribution in [0, 0.1) is 20.8 Å². The number of anilines is 1. The fourth-order valence-corrected chi connectivity index (χ4v) is 3.19. The van der Waals surface area contributed by atoms with Gasteiger partial charge in [-0.25, -0.2) is 15.0 Å². The van der Waals surface area contributed by atoms with Gasteiger partial charge in [-0.05, 0) is 39.8 Å². The molecule has 0 radical (unpaired) electrons. The van der Waals surface area contributed by atoms with Crippen LogP contribution in [0.25, 0.3) is 0 Å². The van der Waals surface area contributed by atoms with Crippen LogP contribution in [0.15, 0.2) is 23.2 Å². The molecule has 2 rings (SSSR count). The topological polar surface area (TPSA) is 91.3 Å². The second-order valence-corrected chi connectivity index (χ2v) is 7.11. The van der Waals surface area contributed by atoms with E-state index in [9.17, 15) is 4.79 Å². The lowest BCUT2D eigenvalue weighted by molar-refractivity contribution is -0.116. The average Bonchev–Trinajstić information content (AvgIpc) is 2.90. The van der Waals surface area contributed by atoms with E-state index in [0.717, 1.165) is 27.8 Å². The van der Waals surface area contributed by atoms with Gasteiger partial charge < -0.3 is 16.0 Å². The number of carbonyl (C=O) groups excluding carboxylic acids is 1. The monoisotopic (exact) mass is 502 g/mol. The zero-order valence-corrected chi connectivity index (χ0v) is 19.3. The lowest BCUT2D eigenvalue weighted by Crippen LogP contribution is -2.38. The van der Waals surface area contributed by atoms with Gasteiger partial charge >= 0.3 is 0 Å². The zero-order chi connectivity index (χ0) is 18.9. The molecule has 0 atom stereocenters. The van der Waals surface area contributed by atoms with E-state index in [4.69, 9.17) is 0 Å². The number of aromatic nitrogens is 2. The minimum atomic E-state index is -0.0830. The quantitative estimate of drug-likeness (QED) is 0.308. The van der Waals surface area contributed by atoms with Crippen LogP contribution in [0.2, 0.25) is 0 Å². The number of nitrogens with zero attached hydrogens (tertiary/aromatic N) is 3. The number of thiazole rings is 1. The number of rotatable bonds is 7. The number of hydrogen-bond donors (Lipinski definition) is 3. The number of aliphatic imine (C=N–C) groups is 1. The van der Waals surface area contributed by atoms with E-state index in [1.807, 2.05) is 39.8 Å². The molecule has 0 aliphatic rings. The Morgan fingerprint density at radius 2 is 1.96 bits per heavy atom. The third kappa shape index (κ3) is 8.21. The summed E-state index contributed by atoms with van der Waals surface area (Å²) >= 11 is 1.66. The van der Waals surface area contributed by atoms with Gasteiger partial charge in [0.2, 0.25) is 5.91 Å². The maximum Gasteiger partial charge on any atom is 0.227 e. The van der Waals surface area contributed by atoms with E-state index in [1.165, 1.54) is 0 Å². The molecule has 148 valence electrons. The number of carbonyl (C=O) groups is 1. The maximum absolute atomic E-state index is 12.0. The molecule has 2 aromatic heterocycles.